The fourth-order valence-electron chi connectivity index (χ4n) is 4.72. The maximum absolute atomic E-state index is 14.8. The Labute approximate surface area is 268 Å². The Hall–Kier alpha value is -4.31. The summed E-state index contributed by atoms with van der Waals surface area (Å²) in [5, 5.41) is 7.52. The number of amides is 1. The molecule has 0 spiro atoms. The average molecular weight is 647 g/mol. The second-order valence-corrected chi connectivity index (χ2v) is 13.0. The molecule has 0 saturated heterocycles. The number of rotatable bonds is 10. The zero-order chi connectivity index (χ0) is 32.1. The summed E-state index contributed by atoms with van der Waals surface area (Å²) in [5.74, 6) is 0.00864. The first kappa shape index (κ1) is 32.1. The minimum absolute atomic E-state index is 0.0439. The summed E-state index contributed by atoms with van der Waals surface area (Å²) < 4.78 is 46.7. The van der Waals surface area contributed by atoms with Gasteiger partial charge in [0.05, 0.1) is 5.75 Å². The predicted octanol–water partition coefficient (Wildman–Crippen LogP) is 8.22. The summed E-state index contributed by atoms with van der Waals surface area (Å²) in [5.41, 5.74) is 4.77. The van der Waals surface area contributed by atoms with E-state index in [0.717, 1.165) is 16.7 Å². The molecule has 232 valence electrons. The Morgan fingerprint density at radius 2 is 1.62 bits per heavy atom. The maximum Gasteiger partial charge on any atom is 0.251 e. The van der Waals surface area contributed by atoms with E-state index in [2.05, 4.69) is 31.2 Å². The van der Waals surface area contributed by atoms with Gasteiger partial charge in [-0.1, -0.05) is 73.9 Å². The molecule has 0 bridgehead atoms. The summed E-state index contributed by atoms with van der Waals surface area (Å²) in [6.45, 7) is 6.49. The highest BCUT2D eigenvalue weighted by atomic mass is 35.5. The van der Waals surface area contributed by atoms with Gasteiger partial charge in [-0.25, -0.2) is 8.60 Å². The maximum atomic E-state index is 14.8. The highest BCUT2D eigenvalue weighted by molar-refractivity contribution is 7.79. The van der Waals surface area contributed by atoms with Crippen LogP contribution in [0.4, 0.5) is 4.39 Å². The number of aromatic nitrogens is 1. The van der Waals surface area contributed by atoms with Crippen molar-refractivity contribution >= 4 is 28.6 Å². The second kappa shape index (κ2) is 13.8. The molecule has 4 aromatic carbocycles. The fourth-order valence-corrected chi connectivity index (χ4v) is 5.12. The van der Waals surface area contributed by atoms with Crippen LogP contribution in [0.2, 0.25) is 5.02 Å². The van der Waals surface area contributed by atoms with Crippen LogP contribution in [0.3, 0.4) is 0 Å². The number of nitrogens with zero attached hydrogens (tertiary/aromatic N) is 1. The van der Waals surface area contributed by atoms with Gasteiger partial charge in [-0.2, -0.15) is 0 Å². The van der Waals surface area contributed by atoms with Crippen LogP contribution in [0.5, 0.6) is 5.75 Å². The van der Waals surface area contributed by atoms with Crippen molar-refractivity contribution in [3.05, 3.63) is 130 Å². The van der Waals surface area contributed by atoms with Gasteiger partial charge in [-0.05, 0) is 82.3 Å². The molecule has 2 unspecified atom stereocenters. The number of carbonyl (C=O) groups is 1. The van der Waals surface area contributed by atoms with E-state index in [4.69, 9.17) is 25.4 Å². The first-order chi connectivity index (χ1) is 21.5. The van der Waals surface area contributed by atoms with Crippen molar-refractivity contribution in [2.45, 2.75) is 32.3 Å². The molecule has 10 heteroatoms. The van der Waals surface area contributed by atoms with Crippen LogP contribution in [0.1, 0.15) is 54.1 Å². The molecule has 0 aliphatic carbocycles. The van der Waals surface area contributed by atoms with Crippen LogP contribution in [-0.2, 0) is 16.5 Å². The monoisotopic (exact) mass is 646 g/mol. The number of halogens is 2. The highest BCUT2D eigenvalue weighted by Crippen LogP contribution is 2.34. The molecule has 2 N–H and O–H groups in total. The average Bonchev–Trinajstić information content (AvgIpc) is 3.50. The van der Waals surface area contributed by atoms with Crippen LogP contribution in [0, 0.1) is 5.82 Å². The molecular weight excluding hydrogens is 615 g/mol. The number of hydrogen-bond acceptors (Lipinski definition) is 5. The zero-order valence-corrected chi connectivity index (χ0v) is 26.5. The van der Waals surface area contributed by atoms with Crippen molar-refractivity contribution in [2.75, 3.05) is 12.3 Å². The van der Waals surface area contributed by atoms with Gasteiger partial charge in [0.15, 0.2) is 22.9 Å². The molecule has 5 rings (SSSR count). The van der Waals surface area contributed by atoms with E-state index >= 15 is 0 Å². The number of carbonyl (C=O) groups excluding carboxylic acids is 1. The van der Waals surface area contributed by atoms with E-state index in [0.29, 0.717) is 38.9 Å². The van der Waals surface area contributed by atoms with Crippen LogP contribution < -0.4 is 10.1 Å². The predicted molar refractivity (Wildman–Crippen MR) is 174 cm³/mol. The topological polar surface area (TPSA) is 102 Å². The molecule has 5 aromatic rings. The summed E-state index contributed by atoms with van der Waals surface area (Å²) in [7, 11) is 0. The first-order valence-corrected chi connectivity index (χ1v) is 15.9. The molecule has 0 aliphatic heterocycles. The largest absolute Gasteiger partial charge is 0.479 e. The summed E-state index contributed by atoms with van der Waals surface area (Å²) >= 11 is 4.05. The lowest BCUT2D eigenvalue weighted by Gasteiger charge is -2.21. The van der Waals surface area contributed by atoms with Gasteiger partial charge >= 0.3 is 0 Å². The number of hydrogen-bond donors (Lipinski definition) is 2. The lowest BCUT2D eigenvalue weighted by Crippen LogP contribution is -2.27. The molecule has 1 aromatic heterocycles. The molecule has 1 amide bonds. The molecule has 0 saturated carbocycles. The minimum atomic E-state index is -1.99. The number of ether oxygens (including phenoxy) is 1. The molecule has 0 radical (unpaired) electrons. The van der Waals surface area contributed by atoms with Crippen molar-refractivity contribution in [1.82, 2.24) is 10.5 Å². The molecular formula is C35H32ClFN2O5S. The summed E-state index contributed by atoms with van der Waals surface area (Å²) in [4.78, 5) is 12.4. The molecule has 7 nitrogen and oxygen atoms in total. The fraction of sp³-hybridized carbons (Fsp3) is 0.200. The van der Waals surface area contributed by atoms with Gasteiger partial charge in [0, 0.05) is 28.8 Å². The third kappa shape index (κ3) is 8.25. The summed E-state index contributed by atoms with van der Waals surface area (Å²) in [6.07, 6.45) is -0.681. The van der Waals surface area contributed by atoms with E-state index in [1.54, 1.807) is 42.5 Å². The third-order valence-electron chi connectivity index (χ3n) is 7.17. The smallest absolute Gasteiger partial charge is 0.251 e. The van der Waals surface area contributed by atoms with Crippen molar-refractivity contribution in [3.63, 3.8) is 0 Å². The molecule has 0 fully saturated rings. The van der Waals surface area contributed by atoms with E-state index in [1.807, 2.05) is 42.5 Å². The molecule has 1 heterocycles. The second-order valence-electron chi connectivity index (χ2n) is 11.5. The Balaban J connectivity index is 1.44. The van der Waals surface area contributed by atoms with Crippen LogP contribution in [0.25, 0.3) is 22.5 Å². The Morgan fingerprint density at radius 3 is 2.27 bits per heavy atom. The van der Waals surface area contributed by atoms with Gasteiger partial charge in [0.1, 0.15) is 17.3 Å². The molecule has 0 aliphatic rings. The van der Waals surface area contributed by atoms with E-state index < -0.39 is 23.0 Å². The van der Waals surface area contributed by atoms with Gasteiger partial charge in [-0.15, -0.1) is 0 Å². The van der Waals surface area contributed by atoms with Gasteiger partial charge in [-0.3, -0.25) is 4.79 Å². The quantitative estimate of drug-likeness (QED) is 0.148. The zero-order valence-electron chi connectivity index (χ0n) is 24.9. The third-order valence-corrected chi connectivity index (χ3v) is 7.97. The lowest BCUT2D eigenvalue weighted by molar-refractivity contribution is 0.0956. The standard InChI is InChI=1S/C35H32ClFN2O5S/c1-35(2,3)27-10-4-23(5-11-27)33(43-30-14-8-24(9-15-30)34(40)38-16-17-45(41)42)31-21-32(44-39-31)26-18-25(19-29(37)20-26)22-6-12-28(36)13-7-22/h4-15,18-21,33H,16-17H2,1-3H3,(H,38,40)(H,41,42). The summed E-state index contributed by atoms with van der Waals surface area (Å²) in [6, 6.07) is 28.2. The van der Waals surface area contributed by atoms with Crippen LogP contribution in [0.15, 0.2) is 102 Å². The number of benzene rings is 4. The number of nitrogens with one attached hydrogen (secondary N) is 1. The van der Waals surface area contributed by atoms with Crippen molar-refractivity contribution in [1.29, 1.82) is 0 Å². The Kier molecular flexibility index (Phi) is 9.82. The van der Waals surface area contributed by atoms with Crippen LogP contribution in [-0.4, -0.2) is 32.1 Å². The highest BCUT2D eigenvalue weighted by Gasteiger charge is 2.23. The Bertz CT molecular complexity index is 1800. The van der Waals surface area contributed by atoms with Crippen molar-refractivity contribution < 1.29 is 27.2 Å². The molecule has 45 heavy (non-hydrogen) atoms. The van der Waals surface area contributed by atoms with Gasteiger partial charge < -0.3 is 19.1 Å². The van der Waals surface area contributed by atoms with Crippen molar-refractivity contribution in [3.8, 4) is 28.2 Å². The SMILES string of the molecule is CC(C)(C)c1ccc(C(Oc2ccc(C(=O)NCCS(=O)O)cc2)c2cc(-c3cc(F)cc(-c4ccc(Cl)cc4)c3)on2)cc1. The van der Waals surface area contributed by atoms with E-state index in [-0.39, 0.29) is 23.6 Å². The van der Waals surface area contributed by atoms with E-state index in [9.17, 15) is 13.4 Å². The normalized spacial score (nSPS) is 12.8. The lowest BCUT2D eigenvalue weighted by atomic mass is 9.86. The Morgan fingerprint density at radius 1 is 0.956 bits per heavy atom. The molecule has 2 atom stereocenters. The van der Waals surface area contributed by atoms with Gasteiger partial charge in [0.25, 0.3) is 5.91 Å². The minimum Gasteiger partial charge on any atom is -0.479 e. The van der Waals surface area contributed by atoms with Gasteiger partial charge in [0.2, 0.25) is 0 Å². The van der Waals surface area contributed by atoms with Crippen LogP contribution >= 0.6 is 11.6 Å². The first-order valence-electron chi connectivity index (χ1n) is 14.2. The van der Waals surface area contributed by atoms with E-state index in [1.165, 1.54) is 12.1 Å². The van der Waals surface area contributed by atoms with Crippen molar-refractivity contribution in [2.24, 2.45) is 0 Å².